The minimum atomic E-state index is 0.190. The van der Waals surface area contributed by atoms with Gasteiger partial charge in [0, 0.05) is 13.2 Å². The molecule has 3 fully saturated rings. The highest BCUT2D eigenvalue weighted by Gasteiger charge is 2.20. The Balaban J connectivity index is 0.000000167. The van der Waals surface area contributed by atoms with E-state index >= 15 is 0 Å². The summed E-state index contributed by atoms with van der Waals surface area (Å²) in [5.74, 6) is 1.03. The first kappa shape index (κ1) is 17.8. The van der Waals surface area contributed by atoms with Crippen molar-refractivity contribution in [2.24, 2.45) is 11.8 Å². The first-order valence-corrected chi connectivity index (χ1v) is 7.40. The van der Waals surface area contributed by atoms with E-state index < -0.39 is 0 Å². The predicted octanol–water partition coefficient (Wildman–Crippen LogP) is -0.468. The third kappa shape index (κ3) is 8.84. The van der Waals surface area contributed by atoms with Gasteiger partial charge in [0.1, 0.15) is 12.2 Å². The molecule has 0 spiro atoms. The second-order valence-electron chi connectivity index (χ2n) is 5.53. The fourth-order valence-corrected chi connectivity index (χ4v) is 1.94. The molecule has 6 nitrogen and oxygen atoms in total. The molecule has 120 valence electrons. The lowest BCUT2D eigenvalue weighted by atomic mass is 9.83. The first-order chi connectivity index (χ1) is 9.73. The van der Waals surface area contributed by atoms with Crippen LogP contribution in [0.5, 0.6) is 0 Å². The van der Waals surface area contributed by atoms with Crippen molar-refractivity contribution < 1.29 is 29.9 Å². The first-order valence-electron chi connectivity index (χ1n) is 7.40. The van der Waals surface area contributed by atoms with Gasteiger partial charge in [0.25, 0.3) is 0 Å². The molecule has 0 aromatic heterocycles. The SMILES string of the molecule is OCC1CCC(CO)CC1.OCC1CO1.OCC1CO1. The molecule has 0 amide bonds. The summed E-state index contributed by atoms with van der Waals surface area (Å²) >= 11 is 0. The molecule has 3 rings (SSSR count). The highest BCUT2D eigenvalue weighted by molar-refractivity contribution is 4.71. The van der Waals surface area contributed by atoms with Crippen LogP contribution >= 0.6 is 0 Å². The van der Waals surface area contributed by atoms with E-state index in [1.54, 1.807) is 0 Å². The van der Waals surface area contributed by atoms with Crippen molar-refractivity contribution in [3.05, 3.63) is 0 Å². The van der Waals surface area contributed by atoms with E-state index in [-0.39, 0.29) is 25.4 Å². The van der Waals surface area contributed by atoms with Crippen molar-refractivity contribution in [1.82, 2.24) is 0 Å². The predicted molar refractivity (Wildman–Crippen MR) is 73.3 cm³/mol. The van der Waals surface area contributed by atoms with Crippen molar-refractivity contribution in [2.75, 3.05) is 39.6 Å². The molecule has 20 heavy (non-hydrogen) atoms. The van der Waals surface area contributed by atoms with E-state index in [1.165, 1.54) is 0 Å². The molecule has 2 aliphatic heterocycles. The average molecular weight is 292 g/mol. The number of epoxide rings is 2. The van der Waals surface area contributed by atoms with Gasteiger partial charge in [-0.3, -0.25) is 0 Å². The van der Waals surface area contributed by atoms with E-state index in [9.17, 15) is 0 Å². The molecule has 1 saturated carbocycles. The van der Waals surface area contributed by atoms with Gasteiger partial charge in [0.2, 0.25) is 0 Å². The molecular weight excluding hydrogens is 264 g/mol. The summed E-state index contributed by atoms with van der Waals surface area (Å²) in [6, 6.07) is 0. The zero-order valence-electron chi connectivity index (χ0n) is 12.0. The van der Waals surface area contributed by atoms with Gasteiger partial charge in [0.15, 0.2) is 0 Å². The van der Waals surface area contributed by atoms with Crippen LogP contribution in [0.3, 0.4) is 0 Å². The zero-order valence-corrected chi connectivity index (χ0v) is 12.0. The lowest BCUT2D eigenvalue weighted by Crippen LogP contribution is -2.19. The van der Waals surface area contributed by atoms with Crippen molar-refractivity contribution in [2.45, 2.75) is 37.9 Å². The number of aliphatic hydroxyl groups excluding tert-OH is 4. The molecule has 6 heteroatoms. The van der Waals surface area contributed by atoms with Gasteiger partial charge in [-0.05, 0) is 37.5 Å². The fourth-order valence-electron chi connectivity index (χ4n) is 1.94. The Bertz CT molecular complexity index is 198. The van der Waals surface area contributed by atoms with Crippen LogP contribution in [-0.2, 0) is 9.47 Å². The standard InChI is InChI=1S/C8H16O2.2C3H6O2/c9-5-7-1-2-8(6-10)4-3-7;2*4-1-3-2-5-3/h7-10H,1-6H2;2*3-4H,1-2H2. The summed E-state index contributed by atoms with van der Waals surface area (Å²) in [4.78, 5) is 0. The molecule has 3 aliphatic rings. The molecule has 2 saturated heterocycles. The van der Waals surface area contributed by atoms with E-state index in [2.05, 4.69) is 9.47 Å². The van der Waals surface area contributed by atoms with Gasteiger partial charge in [-0.2, -0.15) is 0 Å². The average Bonchev–Trinajstić information content (AvgIpc) is 3.41. The van der Waals surface area contributed by atoms with Crippen LogP contribution in [0, 0.1) is 11.8 Å². The molecule has 2 heterocycles. The minimum Gasteiger partial charge on any atom is -0.396 e. The smallest absolute Gasteiger partial charge is 0.104 e. The maximum atomic E-state index is 8.79. The monoisotopic (exact) mass is 292 g/mol. The summed E-state index contributed by atoms with van der Waals surface area (Å²) in [5.41, 5.74) is 0. The molecule has 0 aromatic rings. The molecule has 0 bridgehead atoms. The maximum absolute atomic E-state index is 8.79. The van der Waals surface area contributed by atoms with Gasteiger partial charge in [0.05, 0.1) is 26.4 Å². The third-order valence-corrected chi connectivity index (χ3v) is 3.69. The van der Waals surface area contributed by atoms with Crippen molar-refractivity contribution in [3.8, 4) is 0 Å². The Morgan fingerprint density at radius 2 is 0.900 bits per heavy atom. The van der Waals surface area contributed by atoms with E-state index in [0.717, 1.165) is 38.9 Å². The lowest BCUT2D eigenvalue weighted by molar-refractivity contribution is 0.131. The van der Waals surface area contributed by atoms with Crippen molar-refractivity contribution in [1.29, 1.82) is 0 Å². The molecule has 2 unspecified atom stereocenters. The van der Waals surface area contributed by atoms with Gasteiger partial charge >= 0.3 is 0 Å². The van der Waals surface area contributed by atoms with Gasteiger partial charge in [-0.25, -0.2) is 0 Å². The normalized spacial score (nSPS) is 34.2. The summed E-state index contributed by atoms with van der Waals surface area (Å²) in [6.07, 6.45) is 4.78. The summed E-state index contributed by atoms with van der Waals surface area (Å²) in [5, 5.41) is 33.7. The third-order valence-electron chi connectivity index (χ3n) is 3.69. The highest BCUT2D eigenvalue weighted by atomic mass is 16.6. The van der Waals surface area contributed by atoms with E-state index in [0.29, 0.717) is 25.0 Å². The van der Waals surface area contributed by atoms with E-state index in [1.807, 2.05) is 0 Å². The number of ether oxygens (including phenoxy) is 2. The highest BCUT2D eigenvalue weighted by Crippen LogP contribution is 2.27. The largest absolute Gasteiger partial charge is 0.396 e. The zero-order chi connectivity index (χ0) is 14.8. The fraction of sp³-hybridized carbons (Fsp3) is 1.00. The van der Waals surface area contributed by atoms with Crippen LogP contribution in [0.25, 0.3) is 0 Å². The van der Waals surface area contributed by atoms with Gasteiger partial charge in [-0.15, -0.1) is 0 Å². The van der Waals surface area contributed by atoms with Gasteiger partial charge < -0.3 is 29.9 Å². The molecular formula is C14H28O6. The Morgan fingerprint density at radius 1 is 0.600 bits per heavy atom. The van der Waals surface area contributed by atoms with Crippen LogP contribution in [0.2, 0.25) is 0 Å². The number of aliphatic hydroxyl groups is 4. The Morgan fingerprint density at radius 3 is 1.00 bits per heavy atom. The second-order valence-corrected chi connectivity index (χ2v) is 5.53. The van der Waals surface area contributed by atoms with Crippen LogP contribution in [0.4, 0.5) is 0 Å². The molecule has 4 N–H and O–H groups in total. The lowest BCUT2D eigenvalue weighted by Gasteiger charge is -2.25. The molecule has 0 radical (unpaired) electrons. The van der Waals surface area contributed by atoms with Gasteiger partial charge in [-0.1, -0.05) is 0 Å². The second kappa shape index (κ2) is 10.5. The molecule has 2 atom stereocenters. The minimum absolute atomic E-state index is 0.190. The van der Waals surface area contributed by atoms with Crippen LogP contribution in [-0.4, -0.2) is 72.3 Å². The number of rotatable bonds is 4. The van der Waals surface area contributed by atoms with Crippen LogP contribution in [0.1, 0.15) is 25.7 Å². The molecule has 0 aromatic carbocycles. The van der Waals surface area contributed by atoms with Crippen molar-refractivity contribution in [3.63, 3.8) is 0 Å². The van der Waals surface area contributed by atoms with Crippen molar-refractivity contribution >= 4 is 0 Å². The summed E-state index contributed by atoms with van der Waals surface area (Å²) in [7, 11) is 0. The van der Waals surface area contributed by atoms with E-state index in [4.69, 9.17) is 20.4 Å². The topological polar surface area (TPSA) is 106 Å². The summed E-state index contributed by atoms with van der Waals surface area (Å²) < 4.78 is 9.22. The number of hydrogen-bond donors (Lipinski definition) is 4. The Hall–Kier alpha value is -0.240. The Labute approximate surface area is 120 Å². The maximum Gasteiger partial charge on any atom is 0.104 e. The molecule has 1 aliphatic carbocycles. The van der Waals surface area contributed by atoms with Crippen LogP contribution < -0.4 is 0 Å². The quantitative estimate of drug-likeness (QED) is 0.522. The Kier molecular flexibility index (Phi) is 9.33. The summed E-state index contributed by atoms with van der Waals surface area (Å²) in [6.45, 7) is 2.57. The van der Waals surface area contributed by atoms with Crippen LogP contribution in [0.15, 0.2) is 0 Å². The number of hydrogen-bond acceptors (Lipinski definition) is 6.